The number of hydrogen-bond donors (Lipinski definition) is 0. The van der Waals surface area contributed by atoms with Crippen molar-refractivity contribution in [2.75, 3.05) is 11.9 Å². The summed E-state index contributed by atoms with van der Waals surface area (Å²) >= 11 is 0. The van der Waals surface area contributed by atoms with Crippen LogP contribution in [0.3, 0.4) is 0 Å². The van der Waals surface area contributed by atoms with E-state index >= 15 is 0 Å². The van der Waals surface area contributed by atoms with Crippen LogP contribution in [-0.4, -0.2) is 17.9 Å². The summed E-state index contributed by atoms with van der Waals surface area (Å²) in [6, 6.07) is 4.60. The van der Waals surface area contributed by atoms with Gasteiger partial charge in [-0.15, -0.1) is 0 Å². The Labute approximate surface area is 99.2 Å². The van der Waals surface area contributed by atoms with Crippen molar-refractivity contribution in [3.63, 3.8) is 0 Å². The lowest BCUT2D eigenvalue weighted by molar-refractivity contribution is -0.384. The van der Waals surface area contributed by atoms with Crippen molar-refractivity contribution in [3.05, 3.63) is 33.9 Å². The number of hydrogen-bond acceptors (Lipinski definition) is 3. The number of non-ortho nitro benzene ring substituents is 1. The van der Waals surface area contributed by atoms with Gasteiger partial charge in [0, 0.05) is 24.9 Å². The Morgan fingerprint density at radius 2 is 2.06 bits per heavy atom. The highest BCUT2D eigenvalue weighted by molar-refractivity contribution is 6.04. The molecule has 0 radical (unpaired) electrons. The summed E-state index contributed by atoms with van der Waals surface area (Å²) in [7, 11) is 1.70. The monoisotopic (exact) mass is 234 g/mol. The van der Waals surface area contributed by atoms with E-state index in [0.29, 0.717) is 0 Å². The number of nitro groups is 1. The number of anilines is 1. The Balaban J connectivity index is 2.57. The van der Waals surface area contributed by atoms with Gasteiger partial charge in [0.1, 0.15) is 0 Å². The quantitative estimate of drug-likeness (QED) is 0.582. The second kappa shape index (κ2) is 3.84. The molecule has 1 unspecified atom stereocenters. The van der Waals surface area contributed by atoms with Crippen LogP contribution in [0.2, 0.25) is 0 Å². The lowest BCUT2D eigenvalue weighted by Crippen LogP contribution is -2.26. The molecule has 0 bridgehead atoms. The third-order valence-corrected chi connectivity index (χ3v) is 3.18. The van der Waals surface area contributed by atoms with Crippen LogP contribution in [0.15, 0.2) is 18.2 Å². The van der Waals surface area contributed by atoms with Crippen molar-refractivity contribution in [1.82, 2.24) is 0 Å². The number of benzene rings is 1. The molecule has 90 valence electrons. The average molecular weight is 234 g/mol. The molecular weight excluding hydrogens is 220 g/mol. The lowest BCUT2D eigenvalue weighted by Gasteiger charge is -2.13. The molecule has 0 fully saturated rings. The maximum Gasteiger partial charge on any atom is 0.269 e. The van der Waals surface area contributed by atoms with Gasteiger partial charge in [0.05, 0.1) is 10.8 Å². The minimum Gasteiger partial charge on any atom is -0.315 e. The number of carbonyl (C=O) groups excluding carboxylic acids is 1. The molecule has 0 saturated heterocycles. The summed E-state index contributed by atoms with van der Waals surface area (Å²) in [4.78, 5) is 23.9. The van der Waals surface area contributed by atoms with E-state index in [4.69, 9.17) is 0 Å². The van der Waals surface area contributed by atoms with Gasteiger partial charge in [-0.25, -0.2) is 0 Å². The fourth-order valence-corrected chi connectivity index (χ4v) is 2.31. The second-order valence-corrected chi connectivity index (χ2v) is 4.62. The van der Waals surface area contributed by atoms with Crippen LogP contribution < -0.4 is 4.90 Å². The first kappa shape index (κ1) is 11.6. The zero-order valence-electron chi connectivity index (χ0n) is 10.0. The van der Waals surface area contributed by atoms with Gasteiger partial charge in [-0.3, -0.25) is 14.9 Å². The molecule has 5 nitrogen and oxygen atoms in total. The van der Waals surface area contributed by atoms with Gasteiger partial charge in [0.15, 0.2) is 0 Å². The molecule has 0 aliphatic carbocycles. The molecule has 2 rings (SSSR count). The molecule has 0 spiro atoms. The lowest BCUT2D eigenvalue weighted by atomic mass is 9.89. The fraction of sp³-hybridized carbons (Fsp3) is 0.417. The Bertz CT molecular complexity index is 497. The van der Waals surface area contributed by atoms with Crippen molar-refractivity contribution in [2.24, 2.45) is 5.92 Å². The van der Waals surface area contributed by atoms with E-state index < -0.39 is 4.92 Å². The standard InChI is InChI=1S/C12H14N2O3/c1-7(2)11-9-6-8(14(16)17)4-5-10(9)13(3)12(11)15/h4-7,11H,1-3H3. The largest absolute Gasteiger partial charge is 0.315 e. The number of amides is 1. The molecular formula is C12H14N2O3. The molecule has 5 heteroatoms. The summed E-state index contributed by atoms with van der Waals surface area (Å²) in [6.45, 7) is 3.90. The van der Waals surface area contributed by atoms with Crippen LogP contribution in [0, 0.1) is 16.0 Å². The highest BCUT2D eigenvalue weighted by Gasteiger charge is 2.37. The van der Waals surface area contributed by atoms with Gasteiger partial charge in [0.2, 0.25) is 5.91 Å². The Kier molecular flexibility index (Phi) is 2.61. The first-order valence-electron chi connectivity index (χ1n) is 5.49. The fourth-order valence-electron chi connectivity index (χ4n) is 2.31. The van der Waals surface area contributed by atoms with Crippen LogP contribution in [0.4, 0.5) is 11.4 Å². The number of nitro benzene ring substituents is 1. The second-order valence-electron chi connectivity index (χ2n) is 4.62. The van der Waals surface area contributed by atoms with Crippen LogP contribution in [0.25, 0.3) is 0 Å². The number of likely N-dealkylation sites (N-methyl/N-ethyl adjacent to an activating group) is 1. The Hall–Kier alpha value is -1.91. The summed E-state index contributed by atoms with van der Waals surface area (Å²) in [6.07, 6.45) is 0. The van der Waals surface area contributed by atoms with E-state index in [1.54, 1.807) is 18.0 Å². The highest BCUT2D eigenvalue weighted by Crippen LogP contribution is 2.41. The number of fused-ring (bicyclic) bond motifs is 1. The molecule has 1 heterocycles. The van der Waals surface area contributed by atoms with Gasteiger partial charge in [-0.05, 0) is 17.5 Å². The molecule has 17 heavy (non-hydrogen) atoms. The van der Waals surface area contributed by atoms with Crippen LogP contribution in [0.1, 0.15) is 25.3 Å². The van der Waals surface area contributed by atoms with Gasteiger partial charge in [-0.1, -0.05) is 13.8 Å². The van der Waals surface area contributed by atoms with Crippen molar-refractivity contribution in [2.45, 2.75) is 19.8 Å². The molecule has 1 aliphatic rings. The molecule has 1 atom stereocenters. The normalized spacial score (nSPS) is 18.7. The van der Waals surface area contributed by atoms with Crippen LogP contribution in [-0.2, 0) is 4.79 Å². The molecule has 0 N–H and O–H groups in total. The Morgan fingerprint density at radius 1 is 1.41 bits per heavy atom. The van der Waals surface area contributed by atoms with Crippen molar-refractivity contribution in [1.29, 1.82) is 0 Å². The Morgan fingerprint density at radius 3 is 2.59 bits per heavy atom. The first-order chi connectivity index (χ1) is 7.93. The average Bonchev–Trinajstić information content (AvgIpc) is 2.51. The topological polar surface area (TPSA) is 63.5 Å². The highest BCUT2D eigenvalue weighted by atomic mass is 16.6. The summed E-state index contributed by atoms with van der Waals surface area (Å²) in [5.41, 5.74) is 1.58. The third-order valence-electron chi connectivity index (χ3n) is 3.18. The van der Waals surface area contributed by atoms with Crippen molar-refractivity contribution < 1.29 is 9.72 Å². The number of nitrogens with zero attached hydrogens (tertiary/aromatic N) is 2. The van der Waals surface area contributed by atoms with Gasteiger partial charge in [0.25, 0.3) is 5.69 Å². The minimum atomic E-state index is -0.430. The molecule has 1 aromatic rings. The van der Waals surface area contributed by atoms with Gasteiger partial charge in [-0.2, -0.15) is 0 Å². The van der Waals surface area contributed by atoms with Crippen molar-refractivity contribution >= 4 is 17.3 Å². The maximum atomic E-state index is 12.0. The van der Waals surface area contributed by atoms with E-state index in [-0.39, 0.29) is 23.4 Å². The maximum absolute atomic E-state index is 12.0. The summed E-state index contributed by atoms with van der Waals surface area (Å²) in [5, 5.41) is 10.7. The van der Waals surface area contributed by atoms with Gasteiger partial charge < -0.3 is 4.90 Å². The smallest absolute Gasteiger partial charge is 0.269 e. The van der Waals surface area contributed by atoms with E-state index in [0.717, 1.165) is 11.3 Å². The summed E-state index contributed by atoms with van der Waals surface area (Å²) in [5.74, 6) is -0.126. The molecule has 0 aromatic heterocycles. The number of carbonyl (C=O) groups is 1. The van der Waals surface area contributed by atoms with Gasteiger partial charge >= 0.3 is 0 Å². The van der Waals surface area contributed by atoms with Crippen molar-refractivity contribution in [3.8, 4) is 0 Å². The first-order valence-corrected chi connectivity index (χ1v) is 5.49. The molecule has 1 aliphatic heterocycles. The van der Waals surface area contributed by atoms with Crippen LogP contribution >= 0.6 is 0 Å². The number of rotatable bonds is 2. The summed E-state index contributed by atoms with van der Waals surface area (Å²) < 4.78 is 0. The van der Waals surface area contributed by atoms with Crippen LogP contribution in [0.5, 0.6) is 0 Å². The molecule has 1 amide bonds. The zero-order valence-corrected chi connectivity index (χ0v) is 10.0. The molecule has 1 aromatic carbocycles. The third kappa shape index (κ3) is 1.67. The predicted molar refractivity (Wildman–Crippen MR) is 64.1 cm³/mol. The SMILES string of the molecule is CC(C)C1C(=O)N(C)c2ccc([N+](=O)[O-])cc21. The van der Waals surface area contributed by atoms with E-state index in [1.165, 1.54) is 12.1 Å². The molecule has 0 saturated carbocycles. The van der Waals surface area contributed by atoms with E-state index in [2.05, 4.69) is 0 Å². The van der Waals surface area contributed by atoms with E-state index in [9.17, 15) is 14.9 Å². The zero-order chi connectivity index (χ0) is 12.7. The van der Waals surface area contributed by atoms with E-state index in [1.807, 2.05) is 13.8 Å². The minimum absolute atomic E-state index is 0.00972. The predicted octanol–water partition coefficient (Wildman–Crippen LogP) is 2.31.